The second-order valence-electron chi connectivity index (χ2n) is 4.49. The largest absolute Gasteiger partial charge is 0.469 e. The van der Waals surface area contributed by atoms with Crippen molar-refractivity contribution in [3.8, 4) is 0 Å². The topological polar surface area (TPSA) is 82.3 Å². The third-order valence-electron chi connectivity index (χ3n) is 2.78. The Hall–Kier alpha value is -1.67. The van der Waals surface area contributed by atoms with Gasteiger partial charge in [0.05, 0.1) is 38.6 Å². The lowest BCUT2D eigenvalue weighted by Gasteiger charge is -2.10. The van der Waals surface area contributed by atoms with Crippen LogP contribution in [-0.2, 0) is 9.53 Å². The van der Waals surface area contributed by atoms with E-state index in [1.165, 1.54) is 30.2 Å². The highest BCUT2D eigenvalue weighted by Gasteiger charge is 2.21. The molecule has 2 aromatic rings. The zero-order valence-electron chi connectivity index (χ0n) is 11.8. The van der Waals surface area contributed by atoms with Crippen LogP contribution >= 0.6 is 23.1 Å². The average molecular weight is 326 g/mol. The van der Waals surface area contributed by atoms with Crippen LogP contribution in [0.1, 0.15) is 18.4 Å². The lowest BCUT2D eigenvalue weighted by Crippen LogP contribution is -2.08. The van der Waals surface area contributed by atoms with E-state index in [-0.39, 0.29) is 23.3 Å². The molecular weight excluding hydrogens is 312 g/mol. The first-order valence-corrected chi connectivity index (χ1v) is 7.89. The molecular formula is C13H14N2O4S2. The Morgan fingerprint density at radius 3 is 2.90 bits per heavy atom. The fourth-order valence-corrected chi connectivity index (χ4v) is 3.80. The van der Waals surface area contributed by atoms with Crippen LogP contribution in [0.25, 0.3) is 10.2 Å². The molecule has 1 aromatic carbocycles. The van der Waals surface area contributed by atoms with Crippen LogP contribution in [0, 0.1) is 17.0 Å². The van der Waals surface area contributed by atoms with Crippen LogP contribution in [0.4, 0.5) is 5.69 Å². The number of benzene rings is 1. The normalized spacial score (nSPS) is 12.3. The quantitative estimate of drug-likeness (QED) is 0.361. The number of aromatic nitrogens is 1. The number of nitro groups is 1. The van der Waals surface area contributed by atoms with Crippen molar-refractivity contribution in [1.82, 2.24) is 4.98 Å². The van der Waals surface area contributed by atoms with Crippen LogP contribution in [0.3, 0.4) is 0 Å². The fourth-order valence-electron chi connectivity index (χ4n) is 1.87. The van der Waals surface area contributed by atoms with Gasteiger partial charge in [0.2, 0.25) is 0 Å². The molecule has 0 aliphatic rings. The van der Waals surface area contributed by atoms with Gasteiger partial charge in [-0.15, -0.1) is 23.1 Å². The summed E-state index contributed by atoms with van der Waals surface area (Å²) in [6.07, 6.45) is 0.201. The van der Waals surface area contributed by atoms with Crippen LogP contribution in [0.2, 0.25) is 0 Å². The van der Waals surface area contributed by atoms with Gasteiger partial charge in [0, 0.05) is 11.3 Å². The molecule has 1 heterocycles. The van der Waals surface area contributed by atoms with Gasteiger partial charge < -0.3 is 4.74 Å². The minimum absolute atomic E-state index is 0.0489. The number of aryl methyl sites for hydroxylation is 1. The van der Waals surface area contributed by atoms with Crippen molar-refractivity contribution in [2.24, 2.45) is 0 Å². The predicted octanol–water partition coefficient (Wildman–Crippen LogP) is 3.56. The summed E-state index contributed by atoms with van der Waals surface area (Å²) in [5.74, 6) is -0.330. The minimum Gasteiger partial charge on any atom is -0.469 e. The summed E-state index contributed by atoms with van der Waals surface area (Å²) < 4.78 is 5.41. The summed E-state index contributed by atoms with van der Waals surface area (Å²) in [5.41, 5.74) is 0.795. The molecule has 0 amide bonds. The van der Waals surface area contributed by atoms with E-state index in [2.05, 4.69) is 9.72 Å². The highest BCUT2D eigenvalue weighted by Crippen LogP contribution is 2.37. The van der Waals surface area contributed by atoms with Crippen LogP contribution in [-0.4, -0.2) is 28.2 Å². The van der Waals surface area contributed by atoms with Gasteiger partial charge in [-0.3, -0.25) is 14.9 Å². The number of hydrogen-bond acceptors (Lipinski definition) is 7. The molecule has 1 atom stereocenters. The Morgan fingerprint density at radius 2 is 2.29 bits per heavy atom. The van der Waals surface area contributed by atoms with Crippen molar-refractivity contribution in [1.29, 1.82) is 0 Å². The number of thiazole rings is 1. The fraction of sp³-hybridized carbons (Fsp3) is 0.385. The summed E-state index contributed by atoms with van der Waals surface area (Å²) in [6.45, 7) is 3.70. The van der Waals surface area contributed by atoms with E-state index in [9.17, 15) is 14.9 Å². The summed E-state index contributed by atoms with van der Waals surface area (Å²) in [6, 6.07) is 3.27. The molecule has 112 valence electrons. The smallest absolute Gasteiger partial charge is 0.306 e. The first-order valence-electron chi connectivity index (χ1n) is 6.19. The molecule has 0 bridgehead atoms. The number of fused-ring (bicyclic) bond motifs is 1. The predicted molar refractivity (Wildman–Crippen MR) is 83.0 cm³/mol. The molecule has 0 radical (unpaired) electrons. The standard InChI is InChI=1S/C13H14N2O4S2/c1-7(4-13(16)19-3)20-12-5-9-11(21-8(2)14-9)6-10(12)15(17)18/h5-7H,4H2,1-3H3. The van der Waals surface area contributed by atoms with Crippen LogP contribution in [0.15, 0.2) is 17.0 Å². The number of thioether (sulfide) groups is 1. The second kappa shape index (κ2) is 6.40. The Kier molecular flexibility index (Phi) is 4.79. The van der Waals surface area contributed by atoms with Gasteiger partial charge in [-0.05, 0) is 13.0 Å². The summed E-state index contributed by atoms with van der Waals surface area (Å²) >= 11 is 2.72. The molecule has 0 saturated carbocycles. The first kappa shape index (κ1) is 15.7. The van der Waals surface area contributed by atoms with E-state index in [1.54, 1.807) is 12.1 Å². The van der Waals surface area contributed by atoms with Gasteiger partial charge in [-0.2, -0.15) is 0 Å². The number of carbonyl (C=O) groups is 1. The third-order valence-corrected chi connectivity index (χ3v) is 4.87. The van der Waals surface area contributed by atoms with Gasteiger partial charge in [0.15, 0.2) is 0 Å². The maximum atomic E-state index is 11.3. The lowest BCUT2D eigenvalue weighted by atomic mass is 10.3. The van der Waals surface area contributed by atoms with E-state index >= 15 is 0 Å². The zero-order chi connectivity index (χ0) is 15.6. The molecule has 1 aromatic heterocycles. The lowest BCUT2D eigenvalue weighted by molar-refractivity contribution is -0.387. The van der Waals surface area contributed by atoms with Crippen LogP contribution in [0.5, 0.6) is 0 Å². The number of nitro benzene ring substituents is 1. The molecule has 0 aliphatic carbocycles. The van der Waals surface area contributed by atoms with E-state index in [0.717, 1.165) is 15.2 Å². The minimum atomic E-state index is -0.401. The molecule has 0 saturated heterocycles. The summed E-state index contributed by atoms with van der Waals surface area (Å²) in [5, 5.41) is 12.0. The maximum absolute atomic E-state index is 11.3. The molecule has 8 heteroatoms. The highest BCUT2D eigenvalue weighted by atomic mass is 32.2. The van der Waals surface area contributed by atoms with E-state index in [0.29, 0.717) is 4.90 Å². The maximum Gasteiger partial charge on any atom is 0.306 e. The van der Waals surface area contributed by atoms with Crippen molar-refractivity contribution < 1.29 is 14.5 Å². The molecule has 0 fully saturated rings. The van der Waals surface area contributed by atoms with Crippen molar-refractivity contribution in [2.75, 3.05) is 7.11 Å². The molecule has 1 unspecified atom stereocenters. The summed E-state index contributed by atoms with van der Waals surface area (Å²) in [7, 11) is 1.33. The zero-order valence-corrected chi connectivity index (χ0v) is 13.4. The number of methoxy groups -OCH3 is 1. The third kappa shape index (κ3) is 3.70. The van der Waals surface area contributed by atoms with Crippen molar-refractivity contribution >= 4 is 45.0 Å². The van der Waals surface area contributed by atoms with E-state index in [1.807, 2.05) is 13.8 Å². The Morgan fingerprint density at radius 1 is 1.57 bits per heavy atom. The second-order valence-corrected chi connectivity index (χ2v) is 7.20. The number of esters is 1. The van der Waals surface area contributed by atoms with Gasteiger partial charge in [-0.1, -0.05) is 6.92 Å². The first-order chi connectivity index (χ1) is 9.90. The number of nitrogens with zero attached hydrogens (tertiary/aromatic N) is 2. The molecule has 0 N–H and O–H groups in total. The van der Waals surface area contributed by atoms with E-state index in [4.69, 9.17) is 0 Å². The SMILES string of the molecule is COC(=O)CC(C)Sc1cc2nc(C)sc2cc1[N+](=O)[O-]. The Bertz CT molecular complexity index is 699. The van der Waals surface area contributed by atoms with Gasteiger partial charge in [-0.25, -0.2) is 4.98 Å². The van der Waals surface area contributed by atoms with E-state index < -0.39 is 4.92 Å². The number of hydrogen-bond donors (Lipinski definition) is 0. The van der Waals surface area contributed by atoms with Crippen molar-refractivity contribution in [3.63, 3.8) is 0 Å². The van der Waals surface area contributed by atoms with Crippen molar-refractivity contribution in [3.05, 3.63) is 27.3 Å². The molecule has 0 spiro atoms. The van der Waals surface area contributed by atoms with Gasteiger partial charge in [0.25, 0.3) is 5.69 Å². The Balaban J connectivity index is 2.34. The molecule has 6 nitrogen and oxygen atoms in total. The highest BCUT2D eigenvalue weighted by molar-refractivity contribution is 8.00. The number of ether oxygens (including phenoxy) is 1. The summed E-state index contributed by atoms with van der Waals surface area (Å²) in [4.78, 5) is 27.0. The monoisotopic (exact) mass is 326 g/mol. The molecule has 2 rings (SSSR count). The van der Waals surface area contributed by atoms with Crippen LogP contribution < -0.4 is 0 Å². The van der Waals surface area contributed by atoms with Crippen molar-refractivity contribution in [2.45, 2.75) is 30.4 Å². The average Bonchev–Trinajstić information content (AvgIpc) is 2.76. The number of rotatable bonds is 5. The molecule has 21 heavy (non-hydrogen) atoms. The Labute approximate surface area is 129 Å². The van der Waals surface area contributed by atoms with Gasteiger partial charge in [0.1, 0.15) is 0 Å². The number of carbonyl (C=O) groups excluding carboxylic acids is 1. The van der Waals surface area contributed by atoms with Gasteiger partial charge >= 0.3 is 5.97 Å². The molecule has 0 aliphatic heterocycles.